The van der Waals surface area contributed by atoms with Crippen LogP contribution in [0.1, 0.15) is 45.4 Å². The maximum absolute atomic E-state index is 11.3. The molecule has 1 aliphatic rings. The predicted octanol–water partition coefficient (Wildman–Crippen LogP) is 1.78. The molecule has 1 rings (SSSR count). The summed E-state index contributed by atoms with van der Waals surface area (Å²) in [6, 6.07) is 0.447. The van der Waals surface area contributed by atoms with Crippen molar-refractivity contribution in [2.45, 2.75) is 57.5 Å². The van der Waals surface area contributed by atoms with Crippen molar-refractivity contribution in [2.75, 3.05) is 6.61 Å². The van der Waals surface area contributed by atoms with Crippen LogP contribution in [0.15, 0.2) is 0 Å². The van der Waals surface area contributed by atoms with Gasteiger partial charge in [0.15, 0.2) is 0 Å². The normalized spacial score (nSPS) is 26.0. The van der Waals surface area contributed by atoms with Gasteiger partial charge in [0, 0.05) is 12.1 Å². The maximum Gasteiger partial charge on any atom is 0.407 e. The van der Waals surface area contributed by atoms with Crippen molar-refractivity contribution in [1.29, 1.82) is 0 Å². The second-order valence-electron chi connectivity index (χ2n) is 4.26. The second kappa shape index (κ2) is 6.67. The van der Waals surface area contributed by atoms with E-state index in [4.69, 9.17) is 10.5 Å². The van der Waals surface area contributed by atoms with E-state index in [1.807, 2.05) is 0 Å². The molecule has 0 unspecified atom stereocenters. The van der Waals surface area contributed by atoms with Crippen molar-refractivity contribution in [1.82, 2.24) is 5.32 Å². The van der Waals surface area contributed by atoms with Gasteiger partial charge >= 0.3 is 6.09 Å². The third-order valence-corrected chi connectivity index (χ3v) is 2.77. The van der Waals surface area contributed by atoms with Gasteiger partial charge in [0.25, 0.3) is 0 Å². The average molecular weight is 214 g/mol. The molecule has 3 N–H and O–H groups in total. The second-order valence-corrected chi connectivity index (χ2v) is 4.26. The molecule has 1 saturated carbocycles. The molecular formula is C11H22N2O2. The van der Waals surface area contributed by atoms with Crippen LogP contribution in [0.25, 0.3) is 0 Å². The Labute approximate surface area is 91.5 Å². The SMILES string of the molecule is CCCCOC(=O)N[C@H]1CCC[C@@H](N)C1. The number of ether oxygens (including phenoxy) is 1. The highest BCUT2D eigenvalue weighted by Gasteiger charge is 2.20. The molecule has 0 aliphatic heterocycles. The van der Waals surface area contributed by atoms with E-state index in [0.717, 1.165) is 38.5 Å². The van der Waals surface area contributed by atoms with Crippen LogP contribution in [0.5, 0.6) is 0 Å². The van der Waals surface area contributed by atoms with E-state index in [1.54, 1.807) is 0 Å². The van der Waals surface area contributed by atoms with E-state index in [1.165, 1.54) is 0 Å². The Morgan fingerprint density at radius 1 is 1.53 bits per heavy atom. The monoisotopic (exact) mass is 214 g/mol. The fraction of sp³-hybridized carbons (Fsp3) is 0.909. The van der Waals surface area contributed by atoms with Gasteiger partial charge in [0.05, 0.1) is 6.61 Å². The Morgan fingerprint density at radius 3 is 3.00 bits per heavy atom. The lowest BCUT2D eigenvalue weighted by Gasteiger charge is -2.26. The van der Waals surface area contributed by atoms with Crippen LogP contribution in [-0.4, -0.2) is 24.8 Å². The summed E-state index contributed by atoms with van der Waals surface area (Å²) in [5.41, 5.74) is 5.83. The van der Waals surface area contributed by atoms with Crippen LogP contribution in [0.3, 0.4) is 0 Å². The van der Waals surface area contributed by atoms with Gasteiger partial charge in [-0.15, -0.1) is 0 Å². The third kappa shape index (κ3) is 5.02. The quantitative estimate of drug-likeness (QED) is 0.701. The summed E-state index contributed by atoms with van der Waals surface area (Å²) in [5.74, 6) is 0. The fourth-order valence-corrected chi connectivity index (χ4v) is 1.88. The molecule has 0 bridgehead atoms. The molecular weight excluding hydrogens is 192 g/mol. The van der Waals surface area contributed by atoms with E-state index in [9.17, 15) is 4.79 Å². The lowest BCUT2D eigenvalue weighted by molar-refractivity contribution is 0.137. The third-order valence-electron chi connectivity index (χ3n) is 2.77. The van der Waals surface area contributed by atoms with Crippen LogP contribution in [0, 0.1) is 0 Å². The number of carbonyl (C=O) groups is 1. The predicted molar refractivity (Wildman–Crippen MR) is 59.6 cm³/mol. The lowest BCUT2D eigenvalue weighted by atomic mass is 9.92. The van der Waals surface area contributed by atoms with Crippen molar-refractivity contribution < 1.29 is 9.53 Å². The Kier molecular flexibility index (Phi) is 5.47. The number of rotatable bonds is 4. The van der Waals surface area contributed by atoms with Gasteiger partial charge in [0.2, 0.25) is 0 Å². The van der Waals surface area contributed by atoms with Gasteiger partial charge in [-0.25, -0.2) is 4.79 Å². The van der Waals surface area contributed by atoms with Gasteiger partial charge in [-0.05, 0) is 32.1 Å². The topological polar surface area (TPSA) is 64.3 Å². The molecule has 0 aromatic heterocycles. The molecule has 1 amide bonds. The zero-order chi connectivity index (χ0) is 11.1. The minimum atomic E-state index is -0.289. The molecule has 1 fully saturated rings. The summed E-state index contributed by atoms with van der Waals surface area (Å²) in [6.45, 7) is 2.59. The summed E-state index contributed by atoms with van der Waals surface area (Å²) in [4.78, 5) is 11.3. The lowest BCUT2D eigenvalue weighted by Crippen LogP contribution is -2.42. The van der Waals surface area contributed by atoms with Gasteiger partial charge in [-0.2, -0.15) is 0 Å². The Hall–Kier alpha value is -0.770. The average Bonchev–Trinajstić information content (AvgIpc) is 2.18. The number of alkyl carbamates (subject to hydrolysis) is 1. The molecule has 0 aromatic carbocycles. The Bertz CT molecular complexity index is 197. The van der Waals surface area contributed by atoms with Crippen molar-refractivity contribution in [3.8, 4) is 0 Å². The van der Waals surface area contributed by atoms with E-state index in [-0.39, 0.29) is 18.2 Å². The van der Waals surface area contributed by atoms with Crippen molar-refractivity contribution in [2.24, 2.45) is 5.73 Å². The van der Waals surface area contributed by atoms with Crippen LogP contribution in [-0.2, 0) is 4.74 Å². The minimum Gasteiger partial charge on any atom is -0.450 e. The first-order chi connectivity index (χ1) is 7.22. The molecule has 4 nitrogen and oxygen atoms in total. The molecule has 88 valence electrons. The van der Waals surface area contributed by atoms with Crippen molar-refractivity contribution in [3.05, 3.63) is 0 Å². The summed E-state index contributed by atoms with van der Waals surface area (Å²) >= 11 is 0. The zero-order valence-electron chi connectivity index (χ0n) is 9.50. The first kappa shape index (κ1) is 12.3. The van der Waals surface area contributed by atoms with Crippen molar-refractivity contribution in [3.63, 3.8) is 0 Å². The number of amides is 1. The van der Waals surface area contributed by atoms with Crippen LogP contribution >= 0.6 is 0 Å². The first-order valence-corrected chi connectivity index (χ1v) is 5.91. The highest BCUT2D eigenvalue weighted by atomic mass is 16.5. The van der Waals surface area contributed by atoms with Gasteiger partial charge in [-0.1, -0.05) is 13.3 Å². The minimum absolute atomic E-state index is 0.211. The van der Waals surface area contributed by atoms with Gasteiger partial charge < -0.3 is 15.8 Å². The molecule has 0 radical (unpaired) electrons. The van der Waals surface area contributed by atoms with Gasteiger partial charge in [-0.3, -0.25) is 0 Å². The summed E-state index contributed by atoms with van der Waals surface area (Å²) in [6.07, 6.45) is 5.76. The standard InChI is InChI=1S/C11H22N2O2/c1-2-3-7-15-11(14)13-10-6-4-5-9(12)8-10/h9-10H,2-8,12H2,1H3,(H,13,14)/t9-,10+/m1/s1. The zero-order valence-corrected chi connectivity index (χ0v) is 9.50. The molecule has 0 saturated heterocycles. The Balaban J connectivity index is 2.13. The van der Waals surface area contributed by atoms with Crippen LogP contribution in [0.2, 0.25) is 0 Å². The Morgan fingerprint density at radius 2 is 2.33 bits per heavy atom. The van der Waals surface area contributed by atoms with Crippen LogP contribution < -0.4 is 11.1 Å². The molecule has 0 aromatic rings. The summed E-state index contributed by atoms with van der Waals surface area (Å²) in [7, 11) is 0. The maximum atomic E-state index is 11.3. The molecule has 15 heavy (non-hydrogen) atoms. The summed E-state index contributed by atoms with van der Waals surface area (Å²) in [5, 5.41) is 2.87. The van der Waals surface area contributed by atoms with Crippen molar-refractivity contribution >= 4 is 6.09 Å². The van der Waals surface area contributed by atoms with E-state index in [2.05, 4.69) is 12.2 Å². The highest BCUT2D eigenvalue weighted by Crippen LogP contribution is 2.16. The first-order valence-electron chi connectivity index (χ1n) is 5.91. The van der Waals surface area contributed by atoms with Gasteiger partial charge in [0.1, 0.15) is 0 Å². The largest absolute Gasteiger partial charge is 0.450 e. The molecule has 0 heterocycles. The highest BCUT2D eigenvalue weighted by molar-refractivity contribution is 5.67. The number of unbranched alkanes of at least 4 members (excludes halogenated alkanes) is 1. The molecule has 1 aliphatic carbocycles. The van der Waals surface area contributed by atoms with E-state index in [0.29, 0.717) is 6.61 Å². The number of carbonyl (C=O) groups excluding carboxylic acids is 1. The smallest absolute Gasteiger partial charge is 0.407 e. The fourth-order valence-electron chi connectivity index (χ4n) is 1.88. The number of nitrogens with one attached hydrogen (secondary N) is 1. The molecule has 2 atom stereocenters. The number of hydrogen-bond acceptors (Lipinski definition) is 3. The number of hydrogen-bond donors (Lipinski definition) is 2. The molecule has 4 heteroatoms. The van der Waals surface area contributed by atoms with Crippen LogP contribution in [0.4, 0.5) is 4.79 Å². The summed E-state index contributed by atoms with van der Waals surface area (Å²) < 4.78 is 5.03. The van der Waals surface area contributed by atoms with E-state index < -0.39 is 0 Å². The van der Waals surface area contributed by atoms with E-state index >= 15 is 0 Å². The molecule has 0 spiro atoms. The number of nitrogens with two attached hydrogens (primary N) is 1.